The molecule has 2 aromatic heterocycles. The lowest BCUT2D eigenvalue weighted by Crippen LogP contribution is -2.23. The highest BCUT2D eigenvalue weighted by Gasteiger charge is 2.12. The van der Waals surface area contributed by atoms with Crippen LogP contribution in [0.5, 0.6) is 5.75 Å². The van der Waals surface area contributed by atoms with Crippen LogP contribution in [0.25, 0.3) is 11.3 Å². The number of hydrogen-bond acceptors (Lipinski definition) is 5. The predicted molar refractivity (Wildman–Crippen MR) is 93.3 cm³/mol. The second kappa shape index (κ2) is 6.84. The van der Waals surface area contributed by atoms with Crippen LogP contribution in [-0.4, -0.2) is 28.2 Å². The third-order valence-corrected chi connectivity index (χ3v) is 4.69. The van der Waals surface area contributed by atoms with E-state index in [1.165, 1.54) is 0 Å². The molecule has 0 spiro atoms. The molecular formula is C17H18N4O2S. The van der Waals surface area contributed by atoms with Crippen LogP contribution < -0.4 is 10.1 Å². The van der Waals surface area contributed by atoms with Crippen LogP contribution in [0, 0.1) is 13.8 Å². The third kappa shape index (κ3) is 3.46. The molecule has 0 aliphatic heterocycles. The Morgan fingerprint density at radius 2 is 2.04 bits per heavy atom. The van der Waals surface area contributed by atoms with Gasteiger partial charge in [0, 0.05) is 10.4 Å². The Bertz CT molecular complexity index is 852. The summed E-state index contributed by atoms with van der Waals surface area (Å²) in [6.07, 6.45) is 0. The molecule has 0 atom stereocenters. The first-order chi connectivity index (χ1) is 11.6. The van der Waals surface area contributed by atoms with Crippen molar-refractivity contribution in [2.24, 2.45) is 0 Å². The summed E-state index contributed by atoms with van der Waals surface area (Å²) in [5.74, 6) is 0.593. The van der Waals surface area contributed by atoms with Gasteiger partial charge in [0.05, 0.1) is 30.1 Å². The molecule has 0 aliphatic rings. The molecule has 7 heteroatoms. The number of thiazole rings is 1. The van der Waals surface area contributed by atoms with E-state index in [0.29, 0.717) is 17.9 Å². The molecule has 0 saturated heterocycles. The van der Waals surface area contributed by atoms with Gasteiger partial charge in [-0.1, -0.05) is 0 Å². The summed E-state index contributed by atoms with van der Waals surface area (Å²) in [5.41, 5.74) is 3.02. The standard InChI is InChI=1S/C17H18N4O2S/c1-10-16(24-11(2)19-10)9-18-17(22)15-8-14(20-21-15)12-4-6-13(23-3)7-5-12/h4-8H,9H2,1-3H3,(H,18,22)(H,20,21). The minimum Gasteiger partial charge on any atom is -0.497 e. The van der Waals surface area contributed by atoms with Gasteiger partial charge in [0.15, 0.2) is 0 Å². The molecule has 0 fully saturated rings. The van der Waals surface area contributed by atoms with E-state index >= 15 is 0 Å². The van der Waals surface area contributed by atoms with E-state index in [4.69, 9.17) is 4.74 Å². The molecule has 3 rings (SSSR count). The SMILES string of the molecule is COc1ccc(-c2cc(C(=O)NCc3sc(C)nc3C)[nH]n2)cc1. The number of benzene rings is 1. The number of aromatic amines is 1. The summed E-state index contributed by atoms with van der Waals surface area (Å²) < 4.78 is 5.14. The second-order valence-corrected chi connectivity index (χ2v) is 6.61. The number of ether oxygens (including phenoxy) is 1. The van der Waals surface area contributed by atoms with Gasteiger partial charge in [-0.15, -0.1) is 11.3 Å². The molecule has 6 nitrogen and oxygen atoms in total. The number of H-pyrrole nitrogens is 1. The van der Waals surface area contributed by atoms with Gasteiger partial charge in [0.1, 0.15) is 11.4 Å². The van der Waals surface area contributed by atoms with Crippen molar-refractivity contribution >= 4 is 17.2 Å². The van der Waals surface area contributed by atoms with Crippen molar-refractivity contribution in [2.75, 3.05) is 7.11 Å². The highest BCUT2D eigenvalue weighted by molar-refractivity contribution is 7.11. The first-order valence-electron chi connectivity index (χ1n) is 7.47. The molecule has 0 unspecified atom stereocenters. The number of hydrogen-bond donors (Lipinski definition) is 2. The van der Waals surface area contributed by atoms with Crippen molar-refractivity contribution in [1.82, 2.24) is 20.5 Å². The quantitative estimate of drug-likeness (QED) is 0.747. The Balaban J connectivity index is 1.67. The Labute approximate surface area is 143 Å². The van der Waals surface area contributed by atoms with E-state index in [0.717, 1.165) is 26.9 Å². The first-order valence-corrected chi connectivity index (χ1v) is 8.29. The number of aryl methyl sites for hydroxylation is 2. The maximum Gasteiger partial charge on any atom is 0.269 e. The summed E-state index contributed by atoms with van der Waals surface area (Å²) in [6, 6.07) is 9.26. The van der Waals surface area contributed by atoms with Gasteiger partial charge >= 0.3 is 0 Å². The topological polar surface area (TPSA) is 79.9 Å². The van der Waals surface area contributed by atoms with E-state index in [-0.39, 0.29) is 5.91 Å². The molecule has 3 aromatic rings. The van der Waals surface area contributed by atoms with Gasteiger partial charge in [-0.25, -0.2) is 4.98 Å². The van der Waals surface area contributed by atoms with Gasteiger partial charge in [0.2, 0.25) is 0 Å². The minimum absolute atomic E-state index is 0.187. The van der Waals surface area contributed by atoms with Crippen LogP contribution in [0.3, 0.4) is 0 Å². The summed E-state index contributed by atoms with van der Waals surface area (Å²) in [7, 11) is 1.62. The normalized spacial score (nSPS) is 10.6. The van der Waals surface area contributed by atoms with Crippen molar-refractivity contribution in [3.8, 4) is 17.0 Å². The van der Waals surface area contributed by atoms with Crippen molar-refractivity contribution in [3.63, 3.8) is 0 Å². The smallest absolute Gasteiger partial charge is 0.269 e. The summed E-state index contributed by atoms with van der Waals surface area (Å²) in [5, 5.41) is 10.9. The lowest BCUT2D eigenvalue weighted by Gasteiger charge is -2.01. The van der Waals surface area contributed by atoms with Crippen LogP contribution in [0.1, 0.15) is 26.1 Å². The predicted octanol–water partition coefficient (Wildman–Crippen LogP) is 3.09. The van der Waals surface area contributed by atoms with Crippen LogP contribution in [0.4, 0.5) is 0 Å². The fraction of sp³-hybridized carbons (Fsp3) is 0.235. The molecule has 1 amide bonds. The van der Waals surface area contributed by atoms with E-state index in [1.54, 1.807) is 24.5 Å². The largest absolute Gasteiger partial charge is 0.497 e. The Morgan fingerprint density at radius 3 is 2.67 bits per heavy atom. The summed E-state index contributed by atoms with van der Waals surface area (Å²) >= 11 is 1.59. The van der Waals surface area contributed by atoms with Crippen LogP contribution >= 0.6 is 11.3 Å². The Hall–Kier alpha value is -2.67. The molecule has 2 heterocycles. The lowest BCUT2D eigenvalue weighted by atomic mass is 10.1. The van der Waals surface area contributed by atoms with Crippen LogP contribution in [0.15, 0.2) is 30.3 Å². The highest BCUT2D eigenvalue weighted by atomic mass is 32.1. The van der Waals surface area contributed by atoms with Crippen molar-refractivity contribution in [2.45, 2.75) is 20.4 Å². The fourth-order valence-electron chi connectivity index (χ4n) is 2.34. The van der Waals surface area contributed by atoms with E-state index in [9.17, 15) is 4.79 Å². The van der Waals surface area contributed by atoms with Gasteiger partial charge in [-0.05, 0) is 44.2 Å². The molecule has 0 bridgehead atoms. The van der Waals surface area contributed by atoms with Gasteiger partial charge < -0.3 is 10.1 Å². The molecule has 0 aliphatic carbocycles. The van der Waals surface area contributed by atoms with Crippen molar-refractivity contribution in [3.05, 3.63) is 51.6 Å². The molecular weight excluding hydrogens is 324 g/mol. The van der Waals surface area contributed by atoms with Gasteiger partial charge in [-0.3, -0.25) is 9.89 Å². The molecule has 0 radical (unpaired) electrons. The van der Waals surface area contributed by atoms with E-state index in [2.05, 4.69) is 20.5 Å². The van der Waals surface area contributed by atoms with Gasteiger partial charge in [-0.2, -0.15) is 5.10 Å². The van der Waals surface area contributed by atoms with Crippen LogP contribution in [-0.2, 0) is 6.54 Å². The van der Waals surface area contributed by atoms with Gasteiger partial charge in [0.25, 0.3) is 5.91 Å². The maximum absolute atomic E-state index is 12.3. The number of methoxy groups -OCH3 is 1. The zero-order valence-corrected chi connectivity index (χ0v) is 14.5. The summed E-state index contributed by atoms with van der Waals surface area (Å²) in [4.78, 5) is 17.7. The van der Waals surface area contributed by atoms with Crippen molar-refractivity contribution in [1.29, 1.82) is 0 Å². The maximum atomic E-state index is 12.3. The van der Waals surface area contributed by atoms with E-state index in [1.807, 2.05) is 38.1 Å². The monoisotopic (exact) mass is 342 g/mol. The Morgan fingerprint density at radius 1 is 1.29 bits per heavy atom. The third-order valence-electron chi connectivity index (χ3n) is 3.62. The second-order valence-electron chi connectivity index (χ2n) is 5.32. The molecule has 2 N–H and O–H groups in total. The Kier molecular flexibility index (Phi) is 4.61. The minimum atomic E-state index is -0.187. The lowest BCUT2D eigenvalue weighted by molar-refractivity contribution is 0.0946. The first kappa shape index (κ1) is 16.2. The summed E-state index contributed by atoms with van der Waals surface area (Å²) in [6.45, 7) is 4.37. The van der Waals surface area contributed by atoms with E-state index < -0.39 is 0 Å². The molecule has 124 valence electrons. The molecule has 1 aromatic carbocycles. The zero-order valence-electron chi connectivity index (χ0n) is 13.7. The molecule has 0 saturated carbocycles. The molecule has 24 heavy (non-hydrogen) atoms. The van der Waals surface area contributed by atoms with Crippen LogP contribution in [0.2, 0.25) is 0 Å². The zero-order chi connectivity index (χ0) is 17.1. The number of nitrogens with one attached hydrogen (secondary N) is 2. The number of aromatic nitrogens is 3. The fourth-order valence-corrected chi connectivity index (χ4v) is 3.22. The van der Waals surface area contributed by atoms with Crippen molar-refractivity contribution < 1.29 is 9.53 Å². The number of nitrogens with zero attached hydrogens (tertiary/aromatic N) is 2. The average molecular weight is 342 g/mol. The number of amides is 1. The average Bonchev–Trinajstić information content (AvgIpc) is 3.19. The number of rotatable bonds is 5. The number of carbonyl (C=O) groups is 1. The highest BCUT2D eigenvalue weighted by Crippen LogP contribution is 2.21. The number of carbonyl (C=O) groups excluding carboxylic acids is 1.